The number of hydrogen-bond acceptors (Lipinski definition) is 3. The predicted octanol–water partition coefficient (Wildman–Crippen LogP) is 2.60. The van der Waals surface area contributed by atoms with Gasteiger partial charge in [0.1, 0.15) is 0 Å². The molecule has 90 valence electrons. The van der Waals surface area contributed by atoms with Crippen molar-refractivity contribution in [3.05, 3.63) is 47.7 Å². The third-order valence-electron chi connectivity index (χ3n) is 2.95. The van der Waals surface area contributed by atoms with E-state index < -0.39 is 0 Å². The molecule has 4 heteroatoms. The van der Waals surface area contributed by atoms with Gasteiger partial charge in [0.15, 0.2) is 11.5 Å². The molecule has 2 heterocycles. The number of rotatable bonds is 1. The lowest BCUT2D eigenvalue weighted by Gasteiger charge is -1.97. The van der Waals surface area contributed by atoms with E-state index in [2.05, 4.69) is 29.1 Å². The summed E-state index contributed by atoms with van der Waals surface area (Å²) < 4.78 is 1.74. The van der Waals surface area contributed by atoms with E-state index in [-0.39, 0.29) is 0 Å². The molecule has 1 aromatic carbocycles. The Balaban J connectivity index is 2.19. The summed E-state index contributed by atoms with van der Waals surface area (Å²) in [7, 11) is 0. The molecule has 0 spiro atoms. The van der Waals surface area contributed by atoms with E-state index in [9.17, 15) is 0 Å². The molecule has 0 aliphatic rings. The number of hydrogen-bond donors (Lipinski definition) is 1. The van der Waals surface area contributed by atoms with Crippen molar-refractivity contribution in [2.24, 2.45) is 0 Å². The van der Waals surface area contributed by atoms with E-state index in [1.807, 2.05) is 25.1 Å². The maximum atomic E-state index is 5.80. The van der Waals surface area contributed by atoms with Gasteiger partial charge in [-0.1, -0.05) is 29.8 Å². The summed E-state index contributed by atoms with van der Waals surface area (Å²) in [5, 5.41) is 4.46. The monoisotopic (exact) mass is 238 g/mol. The Labute approximate surface area is 105 Å². The third-order valence-corrected chi connectivity index (χ3v) is 2.95. The molecule has 3 rings (SSSR count). The Hall–Kier alpha value is -2.36. The summed E-state index contributed by atoms with van der Waals surface area (Å²) in [5.41, 5.74) is 10.6. The maximum absolute atomic E-state index is 5.80. The molecular weight excluding hydrogens is 224 g/mol. The van der Waals surface area contributed by atoms with Crippen molar-refractivity contribution in [1.82, 2.24) is 14.6 Å². The van der Waals surface area contributed by atoms with Crippen LogP contribution in [0.15, 0.2) is 36.5 Å². The highest BCUT2D eigenvalue weighted by molar-refractivity contribution is 5.61. The van der Waals surface area contributed by atoms with Crippen LogP contribution >= 0.6 is 0 Å². The van der Waals surface area contributed by atoms with Crippen LogP contribution in [0.1, 0.15) is 11.1 Å². The van der Waals surface area contributed by atoms with Gasteiger partial charge < -0.3 is 5.73 Å². The zero-order chi connectivity index (χ0) is 12.7. The second kappa shape index (κ2) is 3.84. The molecule has 2 N–H and O–H groups in total. The van der Waals surface area contributed by atoms with E-state index in [0.717, 1.165) is 22.6 Å². The molecular formula is C14H14N4. The molecule has 0 unspecified atom stereocenters. The normalized spacial score (nSPS) is 11.0. The van der Waals surface area contributed by atoms with Crippen LogP contribution in [0.4, 0.5) is 5.69 Å². The highest BCUT2D eigenvalue weighted by Crippen LogP contribution is 2.19. The average Bonchev–Trinajstić information content (AvgIpc) is 2.74. The van der Waals surface area contributed by atoms with Crippen molar-refractivity contribution >= 4 is 11.3 Å². The zero-order valence-electron chi connectivity index (χ0n) is 10.4. The number of fused-ring (bicyclic) bond motifs is 1. The molecule has 0 aliphatic heterocycles. The van der Waals surface area contributed by atoms with Crippen LogP contribution in [0.25, 0.3) is 17.0 Å². The van der Waals surface area contributed by atoms with Crippen LogP contribution in [0.5, 0.6) is 0 Å². The van der Waals surface area contributed by atoms with Gasteiger partial charge in [-0.25, -0.2) is 9.50 Å². The number of benzene rings is 1. The molecule has 0 amide bonds. The quantitative estimate of drug-likeness (QED) is 0.709. The molecule has 0 aliphatic carbocycles. The topological polar surface area (TPSA) is 56.2 Å². The molecule has 0 bridgehead atoms. The van der Waals surface area contributed by atoms with Gasteiger partial charge in [0.25, 0.3) is 0 Å². The lowest BCUT2D eigenvalue weighted by atomic mass is 10.1. The number of nitrogens with zero attached hydrogens (tertiary/aromatic N) is 3. The molecule has 18 heavy (non-hydrogen) atoms. The fourth-order valence-corrected chi connectivity index (χ4v) is 2.00. The fourth-order valence-electron chi connectivity index (χ4n) is 2.00. The van der Waals surface area contributed by atoms with Crippen LogP contribution in [0.3, 0.4) is 0 Å². The van der Waals surface area contributed by atoms with Crippen LogP contribution in [-0.4, -0.2) is 14.6 Å². The lowest BCUT2D eigenvalue weighted by molar-refractivity contribution is 0.963. The van der Waals surface area contributed by atoms with Crippen molar-refractivity contribution in [2.45, 2.75) is 13.8 Å². The van der Waals surface area contributed by atoms with Gasteiger partial charge >= 0.3 is 0 Å². The molecule has 0 atom stereocenters. The van der Waals surface area contributed by atoms with Crippen LogP contribution in [-0.2, 0) is 0 Å². The summed E-state index contributed by atoms with van der Waals surface area (Å²) >= 11 is 0. The molecule has 4 nitrogen and oxygen atoms in total. The van der Waals surface area contributed by atoms with Gasteiger partial charge in [0.05, 0.1) is 11.9 Å². The molecule has 2 aromatic heterocycles. The summed E-state index contributed by atoms with van der Waals surface area (Å²) in [5.74, 6) is 0.726. The largest absolute Gasteiger partial charge is 0.397 e. The Morgan fingerprint density at radius 2 is 1.83 bits per heavy atom. The van der Waals surface area contributed by atoms with Gasteiger partial charge in [-0.3, -0.25) is 0 Å². The standard InChI is InChI=1S/C14H14N4/c1-9-3-5-11(6-4-9)13-16-14-10(2)7-12(15)8-18(14)17-13/h3-8H,15H2,1-2H3. The van der Waals surface area contributed by atoms with E-state index >= 15 is 0 Å². The Bertz CT molecular complexity index is 710. The van der Waals surface area contributed by atoms with E-state index in [0.29, 0.717) is 5.69 Å². The van der Waals surface area contributed by atoms with E-state index in [4.69, 9.17) is 5.73 Å². The summed E-state index contributed by atoms with van der Waals surface area (Å²) in [6.45, 7) is 4.05. The Morgan fingerprint density at radius 3 is 2.56 bits per heavy atom. The number of aryl methyl sites for hydroxylation is 2. The molecule has 0 saturated heterocycles. The number of nitrogen functional groups attached to an aromatic ring is 1. The molecule has 0 fully saturated rings. The number of anilines is 1. The van der Waals surface area contributed by atoms with Crippen LogP contribution < -0.4 is 5.73 Å². The second-order valence-electron chi connectivity index (χ2n) is 4.53. The molecule has 0 radical (unpaired) electrons. The van der Waals surface area contributed by atoms with Gasteiger partial charge in [0, 0.05) is 5.56 Å². The van der Waals surface area contributed by atoms with Crippen molar-refractivity contribution in [2.75, 3.05) is 5.73 Å². The summed E-state index contributed by atoms with van der Waals surface area (Å²) in [4.78, 5) is 4.55. The minimum atomic E-state index is 0.695. The van der Waals surface area contributed by atoms with Gasteiger partial charge in [-0.05, 0) is 25.5 Å². The first kappa shape index (κ1) is 10.8. The SMILES string of the molecule is Cc1ccc(-c2nc3c(C)cc(N)cn3n2)cc1. The van der Waals surface area contributed by atoms with E-state index in [1.165, 1.54) is 5.56 Å². The Morgan fingerprint density at radius 1 is 1.11 bits per heavy atom. The summed E-state index contributed by atoms with van der Waals surface area (Å²) in [6.07, 6.45) is 1.78. The third kappa shape index (κ3) is 1.72. The van der Waals surface area contributed by atoms with Crippen molar-refractivity contribution in [3.63, 3.8) is 0 Å². The van der Waals surface area contributed by atoms with E-state index in [1.54, 1.807) is 10.7 Å². The first-order chi connectivity index (χ1) is 8.63. The van der Waals surface area contributed by atoms with Crippen LogP contribution in [0.2, 0.25) is 0 Å². The maximum Gasteiger partial charge on any atom is 0.182 e. The van der Waals surface area contributed by atoms with Crippen molar-refractivity contribution < 1.29 is 0 Å². The van der Waals surface area contributed by atoms with Crippen molar-refractivity contribution in [1.29, 1.82) is 0 Å². The Kier molecular flexibility index (Phi) is 2.30. The fraction of sp³-hybridized carbons (Fsp3) is 0.143. The van der Waals surface area contributed by atoms with Crippen LogP contribution in [0, 0.1) is 13.8 Å². The molecule has 3 aromatic rings. The second-order valence-corrected chi connectivity index (χ2v) is 4.53. The minimum absolute atomic E-state index is 0.695. The van der Waals surface area contributed by atoms with Crippen molar-refractivity contribution in [3.8, 4) is 11.4 Å². The highest BCUT2D eigenvalue weighted by atomic mass is 15.3. The first-order valence-corrected chi connectivity index (χ1v) is 5.83. The zero-order valence-corrected chi connectivity index (χ0v) is 10.4. The van der Waals surface area contributed by atoms with Gasteiger partial charge in [-0.15, -0.1) is 5.10 Å². The van der Waals surface area contributed by atoms with Gasteiger partial charge in [0.2, 0.25) is 0 Å². The first-order valence-electron chi connectivity index (χ1n) is 5.83. The predicted molar refractivity (Wildman–Crippen MR) is 72.3 cm³/mol. The lowest BCUT2D eigenvalue weighted by Crippen LogP contribution is -1.94. The number of pyridine rings is 1. The summed E-state index contributed by atoms with van der Waals surface area (Å²) in [6, 6.07) is 10.1. The highest BCUT2D eigenvalue weighted by Gasteiger charge is 2.08. The minimum Gasteiger partial charge on any atom is -0.397 e. The smallest absolute Gasteiger partial charge is 0.182 e. The van der Waals surface area contributed by atoms with Gasteiger partial charge in [-0.2, -0.15) is 0 Å². The number of nitrogens with two attached hydrogens (primary N) is 1. The number of aromatic nitrogens is 3. The molecule has 0 saturated carbocycles. The average molecular weight is 238 g/mol.